The van der Waals surface area contributed by atoms with Gasteiger partial charge in [-0.2, -0.15) is 0 Å². The fourth-order valence-electron chi connectivity index (χ4n) is 1.59. The Morgan fingerprint density at radius 3 is 2.50 bits per heavy atom. The van der Waals surface area contributed by atoms with E-state index >= 15 is 0 Å². The van der Waals surface area contributed by atoms with Crippen molar-refractivity contribution in [1.29, 1.82) is 0 Å². The maximum Gasteiger partial charge on any atom is 0.128 e. The number of nitrogens with zero attached hydrogens (tertiary/aromatic N) is 1. The second kappa shape index (κ2) is 4.83. The van der Waals surface area contributed by atoms with E-state index in [1.165, 1.54) is 6.07 Å². The summed E-state index contributed by atoms with van der Waals surface area (Å²) in [5.41, 5.74) is 3.75. The zero-order valence-electron chi connectivity index (χ0n) is 8.60. The zero-order valence-corrected chi connectivity index (χ0v) is 8.60. The molecule has 0 aliphatic rings. The van der Waals surface area contributed by atoms with E-state index in [2.05, 4.69) is 10.4 Å². The van der Waals surface area contributed by atoms with Gasteiger partial charge in [-0.1, -0.05) is 24.3 Å². The Balaban J connectivity index is 2.41. The number of nitrogens with two attached hydrogens (primary N) is 1. The molecule has 0 spiro atoms. The van der Waals surface area contributed by atoms with Crippen LogP contribution in [0.5, 0.6) is 0 Å². The number of benzene rings is 1. The van der Waals surface area contributed by atoms with E-state index in [0.717, 1.165) is 0 Å². The van der Waals surface area contributed by atoms with Gasteiger partial charge in [-0.25, -0.2) is 9.82 Å². The van der Waals surface area contributed by atoms with E-state index in [0.29, 0.717) is 11.3 Å². The van der Waals surface area contributed by atoms with Gasteiger partial charge in [-0.15, -0.1) is 0 Å². The van der Waals surface area contributed by atoms with Crippen molar-refractivity contribution in [2.45, 2.75) is 6.04 Å². The molecule has 1 aromatic heterocycles. The van der Waals surface area contributed by atoms with Gasteiger partial charge in [0, 0.05) is 11.8 Å². The molecule has 1 atom stereocenters. The third kappa shape index (κ3) is 2.08. The number of hydrazine groups is 1. The second-order valence-corrected chi connectivity index (χ2v) is 3.38. The van der Waals surface area contributed by atoms with Crippen LogP contribution in [0.25, 0.3) is 0 Å². The van der Waals surface area contributed by atoms with Crippen LogP contribution in [0.15, 0.2) is 48.7 Å². The molecule has 16 heavy (non-hydrogen) atoms. The summed E-state index contributed by atoms with van der Waals surface area (Å²) in [5, 5.41) is 0. The number of hydrogen-bond donors (Lipinski definition) is 2. The lowest BCUT2D eigenvalue weighted by Gasteiger charge is -2.16. The molecule has 0 amide bonds. The van der Waals surface area contributed by atoms with Crippen molar-refractivity contribution in [3.63, 3.8) is 0 Å². The molecule has 0 fully saturated rings. The molecule has 2 rings (SSSR count). The van der Waals surface area contributed by atoms with Gasteiger partial charge in [0.05, 0.1) is 11.7 Å². The van der Waals surface area contributed by atoms with Crippen molar-refractivity contribution in [1.82, 2.24) is 10.4 Å². The molecule has 3 nitrogen and oxygen atoms in total. The van der Waals surface area contributed by atoms with Gasteiger partial charge in [-0.05, 0) is 18.2 Å². The Hall–Kier alpha value is -1.78. The van der Waals surface area contributed by atoms with Crippen molar-refractivity contribution in [3.8, 4) is 0 Å². The molecule has 1 heterocycles. The molecule has 82 valence electrons. The van der Waals surface area contributed by atoms with Gasteiger partial charge < -0.3 is 0 Å². The van der Waals surface area contributed by atoms with Crippen LogP contribution in [-0.2, 0) is 0 Å². The third-order valence-electron chi connectivity index (χ3n) is 2.37. The molecule has 3 N–H and O–H groups in total. The van der Waals surface area contributed by atoms with Crippen molar-refractivity contribution < 1.29 is 4.39 Å². The Bertz CT molecular complexity index is 459. The fourth-order valence-corrected chi connectivity index (χ4v) is 1.59. The predicted molar refractivity (Wildman–Crippen MR) is 59.8 cm³/mol. The normalized spacial score (nSPS) is 12.4. The highest BCUT2D eigenvalue weighted by molar-refractivity contribution is 5.28. The largest absolute Gasteiger partial charge is 0.271 e. The minimum Gasteiger partial charge on any atom is -0.271 e. The molecule has 4 heteroatoms. The predicted octanol–water partition coefficient (Wildman–Crippen LogP) is 1.77. The first-order valence-electron chi connectivity index (χ1n) is 4.94. The first-order chi connectivity index (χ1) is 7.83. The van der Waals surface area contributed by atoms with E-state index < -0.39 is 6.04 Å². The lowest BCUT2D eigenvalue weighted by molar-refractivity contribution is 0.553. The van der Waals surface area contributed by atoms with Crippen LogP contribution in [0.2, 0.25) is 0 Å². The van der Waals surface area contributed by atoms with Gasteiger partial charge >= 0.3 is 0 Å². The maximum atomic E-state index is 13.6. The standard InChI is InChI=1S/C12H12FN3/c13-10-6-2-1-5-9(10)12(16-14)11-7-3-4-8-15-11/h1-8,12,16H,14H2. The van der Waals surface area contributed by atoms with E-state index in [9.17, 15) is 4.39 Å². The molecule has 0 saturated carbocycles. The van der Waals surface area contributed by atoms with E-state index in [1.54, 1.807) is 36.5 Å². The number of pyridine rings is 1. The summed E-state index contributed by atoms with van der Waals surface area (Å²) in [5.74, 6) is 5.15. The minimum atomic E-state index is -0.428. The number of hydrogen-bond acceptors (Lipinski definition) is 3. The first kappa shape index (κ1) is 10.7. The molecule has 1 unspecified atom stereocenters. The van der Waals surface area contributed by atoms with Gasteiger partial charge in [0.2, 0.25) is 0 Å². The lowest BCUT2D eigenvalue weighted by atomic mass is 10.0. The van der Waals surface area contributed by atoms with Crippen LogP contribution in [0.1, 0.15) is 17.3 Å². The number of halogens is 1. The van der Waals surface area contributed by atoms with E-state index in [1.807, 2.05) is 6.07 Å². The second-order valence-electron chi connectivity index (χ2n) is 3.38. The highest BCUT2D eigenvalue weighted by atomic mass is 19.1. The average molecular weight is 217 g/mol. The summed E-state index contributed by atoms with van der Waals surface area (Å²) in [4.78, 5) is 4.16. The zero-order chi connectivity index (χ0) is 11.4. The molecule has 0 radical (unpaired) electrons. The summed E-state index contributed by atoms with van der Waals surface area (Å²) in [7, 11) is 0. The first-order valence-corrected chi connectivity index (χ1v) is 4.94. The maximum absolute atomic E-state index is 13.6. The minimum absolute atomic E-state index is 0.295. The van der Waals surface area contributed by atoms with Crippen LogP contribution in [-0.4, -0.2) is 4.98 Å². The number of rotatable bonds is 3. The van der Waals surface area contributed by atoms with Crippen molar-refractivity contribution in [2.75, 3.05) is 0 Å². The molecule has 0 aliphatic heterocycles. The van der Waals surface area contributed by atoms with Crippen molar-refractivity contribution in [2.24, 2.45) is 5.84 Å². The fraction of sp³-hybridized carbons (Fsp3) is 0.0833. The molecule has 0 bridgehead atoms. The summed E-state index contributed by atoms with van der Waals surface area (Å²) in [6.45, 7) is 0. The number of nitrogens with one attached hydrogen (secondary N) is 1. The van der Waals surface area contributed by atoms with Crippen molar-refractivity contribution in [3.05, 3.63) is 65.7 Å². The van der Waals surface area contributed by atoms with Gasteiger partial charge in [0.15, 0.2) is 0 Å². The van der Waals surface area contributed by atoms with E-state index in [4.69, 9.17) is 5.84 Å². The van der Waals surface area contributed by atoms with Crippen LogP contribution in [0.4, 0.5) is 4.39 Å². The molecule has 0 aliphatic carbocycles. The Morgan fingerprint density at radius 2 is 1.88 bits per heavy atom. The summed E-state index contributed by atoms with van der Waals surface area (Å²) in [6.07, 6.45) is 1.65. The average Bonchev–Trinajstić information content (AvgIpc) is 2.34. The van der Waals surface area contributed by atoms with Crippen LogP contribution < -0.4 is 11.3 Å². The van der Waals surface area contributed by atoms with E-state index in [-0.39, 0.29) is 5.82 Å². The highest BCUT2D eigenvalue weighted by Gasteiger charge is 2.16. The Kier molecular flexibility index (Phi) is 3.24. The van der Waals surface area contributed by atoms with Crippen molar-refractivity contribution >= 4 is 0 Å². The number of aromatic nitrogens is 1. The SMILES string of the molecule is NNC(c1ccccn1)c1ccccc1F. The smallest absolute Gasteiger partial charge is 0.128 e. The molecular weight excluding hydrogens is 205 g/mol. The molecule has 1 aromatic carbocycles. The topological polar surface area (TPSA) is 50.9 Å². The Morgan fingerprint density at radius 1 is 1.12 bits per heavy atom. The third-order valence-corrected chi connectivity index (χ3v) is 2.37. The monoisotopic (exact) mass is 217 g/mol. The summed E-state index contributed by atoms with van der Waals surface area (Å²) >= 11 is 0. The molecular formula is C12H12FN3. The highest BCUT2D eigenvalue weighted by Crippen LogP contribution is 2.21. The van der Waals surface area contributed by atoms with Crippen LogP contribution in [0.3, 0.4) is 0 Å². The van der Waals surface area contributed by atoms with Crippen LogP contribution >= 0.6 is 0 Å². The summed E-state index contributed by atoms with van der Waals surface area (Å²) < 4.78 is 13.6. The lowest BCUT2D eigenvalue weighted by Crippen LogP contribution is -2.30. The Labute approximate surface area is 93.1 Å². The van der Waals surface area contributed by atoms with Gasteiger partial charge in [0.25, 0.3) is 0 Å². The molecule has 2 aromatic rings. The van der Waals surface area contributed by atoms with Gasteiger partial charge in [0.1, 0.15) is 5.82 Å². The van der Waals surface area contributed by atoms with Gasteiger partial charge in [-0.3, -0.25) is 10.8 Å². The quantitative estimate of drug-likeness (QED) is 0.608. The summed E-state index contributed by atoms with van der Waals surface area (Å²) in [6, 6.07) is 11.5. The van der Waals surface area contributed by atoms with Crippen LogP contribution in [0, 0.1) is 5.82 Å². The molecule has 0 saturated heterocycles.